The normalized spacial score (nSPS) is 14.7. The molecule has 0 amide bonds. The van der Waals surface area contributed by atoms with E-state index >= 15 is 0 Å². The van der Waals surface area contributed by atoms with Gasteiger partial charge in [-0.2, -0.15) is 13.2 Å². The van der Waals surface area contributed by atoms with Crippen molar-refractivity contribution in [2.75, 3.05) is 39.0 Å². The highest BCUT2D eigenvalue weighted by Gasteiger charge is 2.34. The van der Waals surface area contributed by atoms with Crippen LogP contribution < -0.4 is 5.73 Å². The topological polar surface area (TPSA) is 62.5 Å². The predicted octanol–water partition coefficient (Wildman–Crippen LogP) is 4.39. The maximum absolute atomic E-state index is 14.3. The van der Waals surface area contributed by atoms with Gasteiger partial charge in [0.1, 0.15) is 11.6 Å². The molecule has 1 aliphatic heterocycles. The van der Waals surface area contributed by atoms with E-state index in [-0.39, 0.29) is 41.0 Å². The Morgan fingerprint density at radius 2 is 1.76 bits per heavy atom. The Bertz CT molecular complexity index is 1350. The van der Waals surface area contributed by atoms with E-state index < -0.39 is 23.3 Å². The minimum atomic E-state index is -4.55. The number of carbonyl (C=O) groups excluding carboxylic acids is 1. The lowest BCUT2D eigenvalue weighted by Crippen LogP contribution is -2.44. The lowest BCUT2D eigenvalue weighted by molar-refractivity contribution is -0.138. The molecule has 5 nitrogen and oxygen atoms in total. The van der Waals surface area contributed by atoms with E-state index in [0.29, 0.717) is 18.7 Å². The molecule has 9 heteroatoms. The van der Waals surface area contributed by atoms with Crippen molar-refractivity contribution in [3.05, 3.63) is 93.9 Å². The zero-order valence-corrected chi connectivity index (χ0v) is 20.3. The molecule has 0 radical (unpaired) electrons. The number of benzene rings is 2. The number of nitrogens with zero attached hydrogens (tertiary/aromatic N) is 3. The second-order valence-electron chi connectivity index (χ2n) is 9.05. The highest BCUT2D eigenvalue weighted by molar-refractivity contribution is 5.97. The quantitative estimate of drug-likeness (QED) is 0.313. The molecule has 0 aliphatic carbocycles. The molecule has 1 aromatic heterocycles. The van der Waals surface area contributed by atoms with E-state index in [1.807, 2.05) is 11.9 Å². The lowest BCUT2D eigenvalue weighted by atomic mass is 9.97. The molecule has 4 rings (SSSR count). The Balaban J connectivity index is 1.53. The molecule has 2 N–H and O–H groups in total. The number of carbonyl (C=O) groups is 1. The fourth-order valence-corrected chi connectivity index (χ4v) is 4.12. The number of pyridine rings is 1. The van der Waals surface area contributed by atoms with Crippen LogP contribution in [0.25, 0.3) is 0 Å². The summed E-state index contributed by atoms with van der Waals surface area (Å²) in [7, 11) is 1.98. The summed E-state index contributed by atoms with van der Waals surface area (Å²) in [6, 6.07) is 11.0. The number of hydrogen-bond donors (Lipinski definition) is 1. The molecule has 1 fully saturated rings. The number of nitrogen functional groups attached to an aromatic ring is 1. The van der Waals surface area contributed by atoms with E-state index in [1.165, 1.54) is 24.4 Å². The third-order valence-corrected chi connectivity index (χ3v) is 6.29. The first-order chi connectivity index (χ1) is 17.6. The monoisotopic (exact) mass is 510 g/mol. The van der Waals surface area contributed by atoms with Gasteiger partial charge in [-0.1, -0.05) is 24.0 Å². The fraction of sp³-hybridized carbons (Fsp3) is 0.286. The van der Waals surface area contributed by atoms with Gasteiger partial charge in [-0.25, -0.2) is 9.37 Å². The summed E-state index contributed by atoms with van der Waals surface area (Å²) in [6.07, 6.45) is -3.30. The van der Waals surface area contributed by atoms with Crippen LogP contribution in [0.3, 0.4) is 0 Å². The number of aromatic nitrogens is 1. The molecule has 1 aliphatic rings. The van der Waals surface area contributed by atoms with Crippen molar-refractivity contribution in [3.8, 4) is 11.8 Å². The second kappa shape index (κ2) is 11.1. The van der Waals surface area contributed by atoms with Gasteiger partial charge in [0.15, 0.2) is 5.78 Å². The first-order valence-corrected chi connectivity index (χ1v) is 11.8. The number of ketones is 1. The molecule has 1 saturated heterocycles. The van der Waals surface area contributed by atoms with Crippen LogP contribution in [0.1, 0.15) is 38.2 Å². The number of likely N-dealkylation sites (N-methyl/N-ethyl adjacent to an activating group) is 1. The van der Waals surface area contributed by atoms with Crippen LogP contribution in [0.15, 0.2) is 54.7 Å². The predicted molar refractivity (Wildman–Crippen MR) is 133 cm³/mol. The zero-order chi connectivity index (χ0) is 26.6. The number of halogens is 4. The number of Topliss-reactive ketones (excluding diaryl/α,β-unsaturated/α-hetero) is 1. The SMILES string of the molecule is CN1CCN(Cc2ccc(CC(=O)c3ccc(F)c(C#Cc4cccnc4N)c3)cc2C(F)(F)F)CC1. The summed E-state index contributed by atoms with van der Waals surface area (Å²) in [4.78, 5) is 21.0. The summed E-state index contributed by atoms with van der Waals surface area (Å²) in [5.41, 5.74) is 5.97. The minimum absolute atomic E-state index is 0.0207. The van der Waals surface area contributed by atoms with Crippen molar-refractivity contribution in [1.82, 2.24) is 14.8 Å². The first kappa shape index (κ1) is 26.3. The lowest BCUT2D eigenvalue weighted by Gasteiger charge is -2.33. The minimum Gasteiger partial charge on any atom is -0.383 e. The van der Waals surface area contributed by atoms with Gasteiger partial charge in [-0.3, -0.25) is 9.69 Å². The van der Waals surface area contributed by atoms with Crippen LogP contribution in [0.2, 0.25) is 0 Å². The summed E-state index contributed by atoms with van der Waals surface area (Å²) in [5.74, 6) is 4.51. The summed E-state index contributed by atoms with van der Waals surface area (Å²) < 4.78 is 55.9. The van der Waals surface area contributed by atoms with Gasteiger partial charge in [-0.05, 0) is 54.6 Å². The number of hydrogen-bond acceptors (Lipinski definition) is 5. The summed E-state index contributed by atoms with van der Waals surface area (Å²) >= 11 is 0. The standard InChI is InChI=1S/C28H26F4N4O/c1-35-11-13-36(14-12-35)18-23-5-4-19(15-24(23)28(30,31)32)16-26(37)22-8-9-25(29)21(17-22)7-6-20-3-2-10-34-27(20)33/h2-5,8-10,15,17H,11-14,16,18H2,1H3,(H2,33,34). The third kappa shape index (κ3) is 6.73. The molecule has 3 aromatic rings. The van der Waals surface area contributed by atoms with E-state index in [1.54, 1.807) is 18.2 Å². The van der Waals surface area contributed by atoms with Crippen molar-refractivity contribution in [2.24, 2.45) is 0 Å². The molecular formula is C28H26F4N4O. The van der Waals surface area contributed by atoms with E-state index in [9.17, 15) is 22.4 Å². The van der Waals surface area contributed by atoms with Gasteiger partial charge < -0.3 is 10.6 Å². The second-order valence-corrected chi connectivity index (χ2v) is 9.05. The van der Waals surface area contributed by atoms with Gasteiger partial charge in [-0.15, -0.1) is 0 Å². The van der Waals surface area contributed by atoms with Crippen molar-refractivity contribution < 1.29 is 22.4 Å². The van der Waals surface area contributed by atoms with Gasteiger partial charge in [0.2, 0.25) is 0 Å². The number of rotatable bonds is 5. The first-order valence-electron chi connectivity index (χ1n) is 11.8. The highest BCUT2D eigenvalue weighted by atomic mass is 19.4. The largest absolute Gasteiger partial charge is 0.416 e. The van der Waals surface area contributed by atoms with Gasteiger partial charge in [0, 0.05) is 50.9 Å². The third-order valence-electron chi connectivity index (χ3n) is 6.29. The molecule has 0 atom stereocenters. The van der Waals surface area contributed by atoms with Crippen molar-refractivity contribution in [1.29, 1.82) is 0 Å². The molecule has 192 valence electrons. The number of piperazine rings is 1. The summed E-state index contributed by atoms with van der Waals surface area (Å²) in [6.45, 7) is 3.17. The molecule has 37 heavy (non-hydrogen) atoms. The van der Waals surface area contributed by atoms with Crippen molar-refractivity contribution in [3.63, 3.8) is 0 Å². The van der Waals surface area contributed by atoms with E-state index in [0.717, 1.165) is 25.2 Å². The molecule has 0 unspecified atom stereocenters. The number of anilines is 1. The number of nitrogens with two attached hydrogens (primary N) is 1. The van der Waals surface area contributed by atoms with Crippen LogP contribution >= 0.6 is 0 Å². The fourth-order valence-electron chi connectivity index (χ4n) is 4.12. The average molecular weight is 511 g/mol. The zero-order valence-electron chi connectivity index (χ0n) is 20.3. The molecule has 2 aromatic carbocycles. The van der Waals surface area contributed by atoms with Crippen LogP contribution in [0, 0.1) is 17.7 Å². The molecule has 0 bridgehead atoms. The van der Waals surface area contributed by atoms with Gasteiger partial charge in [0.05, 0.1) is 16.7 Å². The Hall–Kier alpha value is -3.74. The molecular weight excluding hydrogens is 484 g/mol. The molecule has 2 heterocycles. The average Bonchev–Trinajstić information content (AvgIpc) is 2.86. The molecule has 0 spiro atoms. The maximum Gasteiger partial charge on any atom is 0.416 e. The van der Waals surface area contributed by atoms with Crippen molar-refractivity contribution in [2.45, 2.75) is 19.1 Å². The van der Waals surface area contributed by atoms with Crippen LogP contribution in [-0.2, 0) is 19.1 Å². The highest BCUT2D eigenvalue weighted by Crippen LogP contribution is 2.34. The van der Waals surface area contributed by atoms with Crippen LogP contribution in [-0.4, -0.2) is 53.8 Å². The van der Waals surface area contributed by atoms with E-state index in [2.05, 4.69) is 21.7 Å². The molecule has 0 saturated carbocycles. The van der Waals surface area contributed by atoms with Crippen LogP contribution in [0.4, 0.5) is 23.4 Å². The Morgan fingerprint density at radius 3 is 2.46 bits per heavy atom. The Morgan fingerprint density at radius 1 is 1.03 bits per heavy atom. The van der Waals surface area contributed by atoms with Crippen molar-refractivity contribution >= 4 is 11.6 Å². The van der Waals surface area contributed by atoms with Crippen LogP contribution in [0.5, 0.6) is 0 Å². The van der Waals surface area contributed by atoms with Gasteiger partial charge >= 0.3 is 6.18 Å². The van der Waals surface area contributed by atoms with Gasteiger partial charge in [0.25, 0.3) is 0 Å². The number of alkyl halides is 3. The maximum atomic E-state index is 14.3. The van der Waals surface area contributed by atoms with E-state index in [4.69, 9.17) is 5.73 Å². The smallest absolute Gasteiger partial charge is 0.383 e. The summed E-state index contributed by atoms with van der Waals surface area (Å²) in [5, 5.41) is 0. The Labute approximate surface area is 212 Å². The Kier molecular flexibility index (Phi) is 7.91.